The third-order valence-electron chi connectivity index (χ3n) is 4.90. The number of pyridine rings is 1. The summed E-state index contributed by atoms with van der Waals surface area (Å²) in [4.78, 5) is 19.7. The molecule has 1 aliphatic heterocycles. The van der Waals surface area contributed by atoms with E-state index in [0.717, 1.165) is 49.3 Å². The van der Waals surface area contributed by atoms with Crippen LogP contribution in [0.4, 0.5) is 0 Å². The van der Waals surface area contributed by atoms with Crippen LogP contribution in [0.1, 0.15) is 48.4 Å². The highest BCUT2D eigenvalue weighted by Gasteiger charge is 2.31. The van der Waals surface area contributed by atoms with Crippen molar-refractivity contribution in [2.24, 2.45) is 0 Å². The van der Waals surface area contributed by atoms with E-state index < -0.39 is 0 Å². The Labute approximate surface area is 141 Å². The van der Waals surface area contributed by atoms with Crippen LogP contribution in [0.25, 0.3) is 5.52 Å². The molecular formula is C19H22N4O. The fraction of sp³-hybridized carbons (Fsp3) is 0.368. The average Bonchev–Trinajstić information content (AvgIpc) is 3.27. The molecule has 24 heavy (non-hydrogen) atoms. The van der Waals surface area contributed by atoms with Crippen LogP contribution in [0.5, 0.6) is 0 Å². The topological polar surface area (TPSA) is 42.5 Å². The Hall–Kier alpha value is -2.56. The van der Waals surface area contributed by atoms with Crippen molar-refractivity contribution in [3.63, 3.8) is 0 Å². The molecule has 0 spiro atoms. The van der Waals surface area contributed by atoms with Crippen molar-refractivity contribution < 1.29 is 4.79 Å². The van der Waals surface area contributed by atoms with Crippen LogP contribution in [-0.4, -0.2) is 31.3 Å². The van der Waals surface area contributed by atoms with E-state index >= 15 is 0 Å². The van der Waals surface area contributed by atoms with Gasteiger partial charge in [0, 0.05) is 43.4 Å². The predicted octanol–water partition coefficient (Wildman–Crippen LogP) is 3.52. The highest BCUT2D eigenvalue weighted by Crippen LogP contribution is 2.31. The Kier molecular flexibility index (Phi) is 3.84. The third kappa shape index (κ3) is 2.50. The van der Waals surface area contributed by atoms with Gasteiger partial charge in [0.1, 0.15) is 5.82 Å². The molecule has 1 amide bonds. The number of nitrogens with zero attached hydrogens (tertiary/aromatic N) is 4. The minimum absolute atomic E-state index is 0.0733. The first-order valence-corrected chi connectivity index (χ1v) is 8.66. The zero-order valence-corrected chi connectivity index (χ0v) is 13.9. The van der Waals surface area contributed by atoms with Gasteiger partial charge in [-0.25, -0.2) is 4.98 Å². The highest BCUT2D eigenvalue weighted by atomic mass is 16.2. The fourth-order valence-electron chi connectivity index (χ4n) is 3.67. The second kappa shape index (κ2) is 6.15. The number of hydrogen-bond acceptors (Lipinski definition) is 2. The smallest absolute Gasteiger partial charge is 0.256 e. The van der Waals surface area contributed by atoms with Crippen LogP contribution in [0.15, 0.2) is 49.1 Å². The molecule has 0 radical (unpaired) electrons. The molecule has 1 saturated heterocycles. The number of aryl methyl sites for hydroxylation is 1. The largest absolute Gasteiger partial charge is 0.333 e. The van der Waals surface area contributed by atoms with Gasteiger partial charge in [0.25, 0.3) is 5.91 Å². The van der Waals surface area contributed by atoms with Crippen molar-refractivity contribution >= 4 is 11.4 Å². The summed E-state index contributed by atoms with van der Waals surface area (Å²) in [6.45, 7) is 3.79. The lowest BCUT2D eigenvalue weighted by atomic mass is 10.0. The molecule has 0 unspecified atom stereocenters. The molecule has 3 aromatic rings. The van der Waals surface area contributed by atoms with Gasteiger partial charge in [-0.3, -0.25) is 4.79 Å². The van der Waals surface area contributed by atoms with Crippen LogP contribution in [-0.2, 0) is 6.54 Å². The first-order chi connectivity index (χ1) is 11.8. The maximum atomic E-state index is 13.2. The molecule has 0 aromatic carbocycles. The number of imidazole rings is 1. The van der Waals surface area contributed by atoms with Crippen molar-refractivity contribution in [2.45, 2.75) is 38.8 Å². The number of fused-ring (bicyclic) bond motifs is 1. The Bertz CT molecular complexity index is 830. The Morgan fingerprint density at radius 1 is 1.29 bits per heavy atom. The summed E-state index contributed by atoms with van der Waals surface area (Å²) in [5, 5.41) is 0. The molecule has 124 valence electrons. The lowest BCUT2D eigenvalue weighted by Crippen LogP contribution is -2.39. The summed E-state index contributed by atoms with van der Waals surface area (Å²) in [5.74, 6) is 1.11. The zero-order valence-electron chi connectivity index (χ0n) is 13.9. The minimum Gasteiger partial charge on any atom is -0.333 e. The molecule has 4 heterocycles. The summed E-state index contributed by atoms with van der Waals surface area (Å²) in [7, 11) is 0. The van der Waals surface area contributed by atoms with Crippen molar-refractivity contribution in [1.82, 2.24) is 18.9 Å². The normalized spacial score (nSPS) is 18.2. The Morgan fingerprint density at radius 3 is 3.04 bits per heavy atom. The molecule has 5 nitrogen and oxygen atoms in total. The number of carbonyl (C=O) groups is 1. The first-order valence-electron chi connectivity index (χ1n) is 8.66. The standard InChI is InChI=1S/C19H22N4O/c1-2-21-12-9-20-18(21)17-8-4-6-11-23(17)19(24)15-13-16-7-3-5-10-22(16)14-15/h3,5,7,9-10,12-14,17H,2,4,6,8,11H2,1H3/t17-/m0/s1. The maximum absolute atomic E-state index is 13.2. The molecule has 5 heteroatoms. The molecular weight excluding hydrogens is 300 g/mol. The molecule has 0 bridgehead atoms. The molecule has 0 N–H and O–H groups in total. The van der Waals surface area contributed by atoms with Crippen LogP contribution < -0.4 is 0 Å². The monoisotopic (exact) mass is 322 g/mol. The Balaban J connectivity index is 1.68. The lowest BCUT2D eigenvalue weighted by Gasteiger charge is -2.35. The highest BCUT2D eigenvalue weighted by molar-refractivity contribution is 5.96. The SMILES string of the molecule is CCn1ccnc1[C@@H]1CCCCN1C(=O)c1cc2ccccn2c1. The van der Waals surface area contributed by atoms with Crippen molar-refractivity contribution in [2.75, 3.05) is 6.54 Å². The molecule has 0 aliphatic carbocycles. The van der Waals surface area contributed by atoms with E-state index in [1.165, 1.54) is 0 Å². The zero-order chi connectivity index (χ0) is 16.5. The van der Waals surface area contributed by atoms with Crippen molar-refractivity contribution in [3.05, 3.63) is 60.4 Å². The fourth-order valence-corrected chi connectivity index (χ4v) is 3.67. The number of hydrogen-bond donors (Lipinski definition) is 0. The van der Waals surface area contributed by atoms with Crippen LogP contribution in [0.2, 0.25) is 0 Å². The van der Waals surface area contributed by atoms with E-state index in [-0.39, 0.29) is 11.9 Å². The molecule has 1 atom stereocenters. The number of carbonyl (C=O) groups excluding carboxylic acids is 1. The van der Waals surface area contributed by atoms with Gasteiger partial charge in [-0.15, -0.1) is 0 Å². The maximum Gasteiger partial charge on any atom is 0.256 e. The predicted molar refractivity (Wildman–Crippen MR) is 92.9 cm³/mol. The van der Waals surface area contributed by atoms with E-state index in [1.807, 2.05) is 58.4 Å². The summed E-state index contributed by atoms with van der Waals surface area (Å²) in [6.07, 6.45) is 10.9. The summed E-state index contributed by atoms with van der Waals surface area (Å²) >= 11 is 0. The first kappa shape index (κ1) is 15.0. The van der Waals surface area contributed by atoms with Crippen LogP contribution in [0.3, 0.4) is 0 Å². The van der Waals surface area contributed by atoms with Gasteiger partial charge in [0.2, 0.25) is 0 Å². The average molecular weight is 322 g/mol. The number of amides is 1. The van der Waals surface area contributed by atoms with Gasteiger partial charge in [0.05, 0.1) is 11.6 Å². The lowest BCUT2D eigenvalue weighted by molar-refractivity contribution is 0.0595. The van der Waals surface area contributed by atoms with Gasteiger partial charge in [-0.05, 0) is 44.4 Å². The van der Waals surface area contributed by atoms with E-state index in [1.54, 1.807) is 0 Å². The summed E-state index contributed by atoms with van der Waals surface area (Å²) < 4.78 is 4.14. The van der Waals surface area contributed by atoms with E-state index in [9.17, 15) is 4.79 Å². The van der Waals surface area contributed by atoms with Gasteiger partial charge in [-0.2, -0.15) is 0 Å². The second-order valence-corrected chi connectivity index (χ2v) is 6.34. The van der Waals surface area contributed by atoms with E-state index in [2.05, 4.69) is 16.5 Å². The summed E-state index contributed by atoms with van der Waals surface area (Å²) in [5.41, 5.74) is 1.80. The number of aromatic nitrogens is 3. The van der Waals surface area contributed by atoms with Crippen LogP contribution in [0, 0.1) is 0 Å². The van der Waals surface area contributed by atoms with E-state index in [4.69, 9.17) is 0 Å². The minimum atomic E-state index is 0.0733. The molecule has 3 aromatic heterocycles. The number of piperidine rings is 1. The Morgan fingerprint density at radius 2 is 2.21 bits per heavy atom. The third-order valence-corrected chi connectivity index (χ3v) is 4.90. The van der Waals surface area contributed by atoms with Crippen molar-refractivity contribution in [3.8, 4) is 0 Å². The number of likely N-dealkylation sites (tertiary alicyclic amines) is 1. The van der Waals surface area contributed by atoms with Gasteiger partial charge in [-0.1, -0.05) is 6.07 Å². The van der Waals surface area contributed by atoms with Crippen molar-refractivity contribution in [1.29, 1.82) is 0 Å². The van der Waals surface area contributed by atoms with Gasteiger partial charge >= 0.3 is 0 Å². The quantitative estimate of drug-likeness (QED) is 0.740. The van der Waals surface area contributed by atoms with Gasteiger partial charge in [0.15, 0.2) is 0 Å². The molecule has 1 fully saturated rings. The number of rotatable bonds is 3. The molecule has 0 saturated carbocycles. The summed E-state index contributed by atoms with van der Waals surface area (Å²) in [6, 6.07) is 8.03. The van der Waals surface area contributed by atoms with Gasteiger partial charge < -0.3 is 13.9 Å². The van der Waals surface area contributed by atoms with E-state index in [0.29, 0.717) is 0 Å². The second-order valence-electron chi connectivity index (χ2n) is 6.34. The molecule has 1 aliphatic rings. The van der Waals surface area contributed by atoms with Crippen LogP contribution >= 0.6 is 0 Å². The molecule has 4 rings (SSSR count).